The average Bonchev–Trinajstić information content (AvgIpc) is 2.56. The first kappa shape index (κ1) is 18.9. The molecule has 1 fully saturated rings. The highest BCUT2D eigenvalue weighted by molar-refractivity contribution is 5.92. The molecule has 1 amide bonds. The van der Waals surface area contributed by atoms with E-state index in [1.807, 2.05) is 12.1 Å². The number of piperazine rings is 1. The summed E-state index contributed by atoms with van der Waals surface area (Å²) in [5.74, 6) is 1.36. The van der Waals surface area contributed by atoms with Crippen molar-refractivity contribution in [3.05, 3.63) is 29.8 Å². The summed E-state index contributed by atoms with van der Waals surface area (Å²) in [6.07, 6.45) is 1.13. The van der Waals surface area contributed by atoms with Crippen LogP contribution in [-0.2, 0) is 4.79 Å². The largest absolute Gasteiger partial charge is 0.325 e. The number of hydrogen-bond acceptors (Lipinski definition) is 3. The van der Waals surface area contributed by atoms with E-state index in [-0.39, 0.29) is 5.91 Å². The Balaban J connectivity index is 1.75. The molecule has 1 unspecified atom stereocenters. The van der Waals surface area contributed by atoms with E-state index < -0.39 is 0 Å². The van der Waals surface area contributed by atoms with Gasteiger partial charge in [-0.2, -0.15) is 0 Å². The van der Waals surface area contributed by atoms with Gasteiger partial charge in [0, 0.05) is 38.4 Å². The maximum atomic E-state index is 12.2. The molecule has 4 heteroatoms. The molecular weight excluding hydrogens is 298 g/mol. The third kappa shape index (κ3) is 5.91. The Morgan fingerprint density at radius 2 is 1.62 bits per heavy atom. The highest BCUT2D eigenvalue weighted by atomic mass is 16.2. The number of anilines is 1. The lowest BCUT2D eigenvalue weighted by Crippen LogP contribution is -2.49. The molecule has 24 heavy (non-hydrogen) atoms. The van der Waals surface area contributed by atoms with Gasteiger partial charge in [0.2, 0.25) is 5.91 Å². The summed E-state index contributed by atoms with van der Waals surface area (Å²) in [5, 5.41) is 3.02. The molecule has 1 aromatic rings. The Kier molecular flexibility index (Phi) is 7.25. The summed E-state index contributed by atoms with van der Waals surface area (Å²) in [6.45, 7) is 14.7. The second-order valence-corrected chi connectivity index (χ2v) is 7.45. The van der Waals surface area contributed by atoms with Crippen LogP contribution in [0, 0.1) is 5.92 Å². The van der Waals surface area contributed by atoms with Gasteiger partial charge in [-0.1, -0.05) is 39.8 Å². The summed E-state index contributed by atoms with van der Waals surface area (Å²) in [6, 6.07) is 8.27. The van der Waals surface area contributed by atoms with Crippen LogP contribution in [0.2, 0.25) is 0 Å². The van der Waals surface area contributed by atoms with Crippen LogP contribution in [0.15, 0.2) is 24.3 Å². The molecular formula is C20H33N3O. The summed E-state index contributed by atoms with van der Waals surface area (Å²) < 4.78 is 0. The molecule has 1 saturated heterocycles. The number of carbonyl (C=O) groups excluding carboxylic acids is 1. The Bertz CT molecular complexity index is 504. The lowest BCUT2D eigenvalue weighted by molar-refractivity contribution is -0.117. The fourth-order valence-corrected chi connectivity index (χ4v) is 3.18. The fourth-order valence-electron chi connectivity index (χ4n) is 3.18. The van der Waals surface area contributed by atoms with Gasteiger partial charge in [-0.25, -0.2) is 0 Å². The summed E-state index contributed by atoms with van der Waals surface area (Å²) in [4.78, 5) is 17.0. The second-order valence-electron chi connectivity index (χ2n) is 7.45. The van der Waals surface area contributed by atoms with E-state index in [1.54, 1.807) is 0 Å². The standard InChI is InChI=1S/C20H33N3O/c1-5-17(4)18-6-8-19(9-7-18)21-20(24)15-23-12-10-22(11-13-23)14-16(2)3/h6-9,16-17H,5,10-15H2,1-4H3,(H,21,24). The fraction of sp³-hybridized carbons (Fsp3) is 0.650. The Morgan fingerprint density at radius 3 is 2.17 bits per heavy atom. The van der Waals surface area contributed by atoms with E-state index >= 15 is 0 Å². The topological polar surface area (TPSA) is 35.6 Å². The van der Waals surface area contributed by atoms with Crippen LogP contribution in [0.3, 0.4) is 0 Å². The van der Waals surface area contributed by atoms with Crippen molar-refractivity contribution in [2.45, 2.75) is 40.0 Å². The molecule has 0 saturated carbocycles. The molecule has 0 aromatic heterocycles. The number of carbonyl (C=O) groups is 1. The van der Waals surface area contributed by atoms with Crippen molar-refractivity contribution >= 4 is 11.6 Å². The van der Waals surface area contributed by atoms with E-state index in [0.717, 1.165) is 44.8 Å². The predicted molar refractivity (Wildman–Crippen MR) is 101 cm³/mol. The van der Waals surface area contributed by atoms with E-state index in [1.165, 1.54) is 5.56 Å². The molecule has 1 aromatic carbocycles. The lowest BCUT2D eigenvalue weighted by atomic mass is 9.99. The average molecular weight is 332 g/mol. The van der Waals surface area contributed by atoms with Gasteiger partial charge in [0.15, 0.2) is 0 Å². The highest BCUT2D eigenvalue weighted by Gasteiger charge is 2.19. The highest BCUT2D eigenvalue weighted by Crippen LogP contribution is 2.20. The number of benzene rings is 1. The van der Waals surface area contributed by atoms with Crippen molar-refractivity contribution in [1.29, 1.82) is 0 Å². The maximum absolute atomic E-state index is 12.2. The van der Waals surface area contributed by atoms with Gasteiger partial charge < -0.3 is 10.2 Å². The van der Waals surface area contributed by atoms with Crippen molar-refractivity contribution in [2.75, 3.05) is 44.6 Å². The minimum absolute atomic E-state index is 0.0867. The van der Waals surface area contributed by atoms with Gasteiger partial charge in [-0.15, -0.1) is 0 Å². The number of hydrogen-bond donors (Lipinski definition) is 1. The van der Waals surface area contributed by atoms with Crippen LogP contribution < -0.4 is 5.32 Å². The second kappa shape index (κ2) is 9.19. The van der Waals surface area contributed by atoms with E-state index in [9.17, 15) is 4.79 Å². The molecule has 1 aliphatic rings. The third-order valence-electron chi connectivity index (χ3n) is 4.83. The monoisotopic (exact) mass is 331 g/mol. The SMILES string of the molecule is CCC(C)c1ccc(NC(=O)CN2CCN(CC(C)C)CC2)cc1. The molecule has 0 bridgehead atoms. The maximum Gasteiger partial charge on any atom is 0.238 e. The van der Waals surface area contributed by atoms with E-state index in [2.05, 4.69) is 54.9 Å². The molecule has 134 valence electrons. The van der Waals surface area contributed by atoms with E-state index in [4.69, 9.17) is 0 Å². The number of nitrogens with zero attached hydrogens (tertiary/aromatic N) is 2. The Morgan fingerprint density at radius 1 is 1.04 bits per heavy atom. The zero-order valence-electron chi connectivity index (χ0n) is 15.7. The summed E-state index contributed by atoms with van der Waals surface area (Å²) >= 11 is 0. The van der Waals surface area contributed by atoms with Crippen LogP contribution in [0.1, 0.15) is 45.6 Å². The van der Waals surface area contributed by atoms with Crippen LogP contribution in [-0.4, -0.2) is 55.0 Å². The van der Waals surface area contributed by atoms with Crippen LogP contribution in [0.4, 0.5) is 5.69 Å². The van der Waals surface area contributed by atoms with Crippen LogP contribution in [0.25, 0.3) is 0 Å². The third-order valence-corrected chi connectivity index (χ3v) is 4.83. The quantitative estimate of drug-likeness (QED) is 0.831. The van der Waals surface area contributed by atoms with Gasteiger partial charge in [0.1, 0.15) is 0 Å². The lowest BCUT2D eigenvalue weighted by Gasteiger charge is -2.35. The van der Waals surface area contributed by atoms with Crippen molar-refractivity contribution in [3.8, 4) is 0 Å². The molecule has 1 N–H and O–H groups in total. The van der Waals surface area contributed by atoms with Crippen molar-refractivity contribution in [2.24, 2.45) is 5.92 Å². The number of rotatable bonds is 7. The predicted octanol–water partition coefficient (Wildman–Crippen LogP) is 3.41. The smallest absolute Gasteiger partial charge is 0.238 e. The van der Waals surface area contributed by atoms with Gasteiger partial charge in [0.25, 0.3) is 0 Å². The molecule has 1 heterocycles. The Labute approximate surface area is 147 Å². The van der Waals surface area contributed by atoms with Gasteiger partial charge >= 0.3 is 0 Å². The Hall–Kier alpha value is -1.39. The molecule has 0 aliphatic carbocycles. The first-order valence-corrected chi connectivity index (χ1v) is 9.32. The van der Waals surface area contributed by atoms with Crippen molar-refractivity contribution in [1.82, 2.24) is 9.80 Å². The zero-order valence-corrected chi connectivity index (χ0v) is 15.7. The molecule has 2 rings (SSSR count). The molecule has 1 atom stereocenters. The van der Waals surface area contributed by atoms with Gasteiger partial charge in [-0.3, -0.25) is 9.69 Å². The first-order chi connectivity index (χ1) is 11.5. The molecule has 4 nitrogen and oxygen atoms in total. The van der Waals surface area contributed by atoms with E-state index in [0.29, 0.717) is 18.4 Å². The minimum Gasteiger partial charge on any atom is -0.325 e. The molecule has 0 radical (unpaired) electrons. The molecule has 1 aliphatic heterocycles. The number of amides is 1. The minimum atomic E-state index is 0.0867. The summed E-state index contributed by atoms with van der Waals surface area (Å²) in [5.41, 5.74) is 2.22. The first-order valence-electron chi connectivity index (χ1n) is 9.32. The van der Waals surface area contributed by atoms with Gasteiger partial charge in [-0.05, 0) is 36.0 Å². The van der Waals surface area contributed by atoms with Crippen molar-refractivity contribution in [3.63, 3.8) is 0 Å². The van der Waals surface area contributed by atoms with Gasteiger partial charge in [0.05, 0.1) is 6.54 Å². The number of nitrogens with one attached hydrogen (secondary N) is 1. The summed E-state index contributed by atoms with van der Waals surface area (Å²) in [7, 11) is 0. The molecule has 0 spiro atoms. The van der Waals surface area contributed by atoms with Crippen LogP contribution in [0.5, 0.6) is 0 Å². The zero-order chi connectivity index (χ0) is 17.5. The van der Waals surface area contributed by atoms with Crippen molar-refractivity contribution < 1.29 is 4.79 Å². The van der Waals surface area contributed by atoms with Crippen LogP contribution >= 0.6 is 0 Å². The normalized spacial score (nSPS) is 17.9.